The third-order valence-electron chi connectivity index (χ3n) is 2.69. The van der Waals surface area contributed by atoms with Crippen LogP contribution in [0.3, 0.4) is 0 Å². The Labute approximate surface area is 117 Å². The Kier molecular flexibility index (Phi) is 4.39. The van der Waals surface area contributed by atoms with E-state index in [0.717, 1.165) is 16.8 Å². The van der Waals surface area contributed by atoms with E-state index < -0.39 is 0 Å². The van der Waals surface area contributed by atoms with Crippen molar-refractivity contribution in [3.05, 3.63) is 64.7 Å². The van der Waals surface area contributed by atoms with Crippen LogP contribution in [0.2, 0.25) is 5.02 Å². The molecule has 5 heteroatoms. The van der Waals surface area contributed by atoms with Gasteiger partial charge in [0.1, 0.15) is 5.84 Å². The van der Waals surface area contributed by atoms with Gasteiger partial charge >= 0.3 is 0 Å². The smallest absolute Gasteiger partial charge is 0.125 e. The summed E-state index contributed by atoms with van der Waals surface area (Å²) >= 11 is 5.82. The minimum atomic E-state index is 0.499. The first kappa shape index (κ1) is 13.4. The summed E-state index contributed by atoms with van der Waals surface area (Å²) in [5, 5.41) is 0.713. The Morgan fingerprint density at radius 3 is 2.26 bits per heavy atom. The van der Waals surface area contributed by atoms with Crippen molar-refractivity contribution in [3.8, 4) is 0 Å². The van der Waals surface area contributed by atoms with Gasteiger partial charge in [0.05, 0.1) is 6.54 Å². The number of aliphatic imine (C=N–C) groups is 1. The van der Waals surface area contributed by atoms with Crippen LogP contribution in [0, 0.1) is 0 Å². The van der Waals surface area contributed by atoms with E-state index in [4.69, 9.17) is 23.2 Å². The summed E-state index contributed by atoms with van der Waals surface area (Å²) in [6, 6.07) is 15.0. The van der Waals surface area contributed by atoms with Gasteiger partial charge in [0.25, 0.3) is 0 Å². The lowest BCUT2D eigenvalue weighted by Gasteiger charge is -2.04. The molecule has 0 aliphatic carbocycles. The van der Waals surface area contributed by atoms with Gasteiger partial charge < -0.3 is 11.2 Å². The third kappa shape index (κ3) is 3.71. The van der Waals surface area contributed by atoms with Crippen LogP contribution in [0.5, 0.6) is 0 Å². The molecule has 0 aliphatic rings. The number of hydrazine groups is 1. The van der Waals surface area contributed by atoms with E-state index in [0.29, 0.717) is 17.4 Å². The summed E-state index contributed by atoms with van der Waals surface area (Å²) < 4.78 is 0. The number of anilines is 1. The zero-order valence-corrected chi connectivity index (χ0v) is 11.1. The lowest BCUT2D eigenvalue weighted by Crippen LogP contribution is -2.14. The predicted molar refractivity (Wildman–Crippen MR) is 80.1 cm³/mol. The summed E-state index contributed by atoms with van der Waals surface area (Å²) in [5.74, 6) is 5.80. The highest BCUT2D eigenvalue weighted by Crippen LogP contribution is 2.11. The quantitative estimate of drug-likeness (QED) is 0.347. The first-order valence-electron chi connectivity index (χ1n) is 5.80. The summed E-state index contributed by atoms with van der Waals surface area (Å²) in [5.41, 5.74) is 11.3. The first-order chi connectivity index (χ1) is 9.19. The monoisotopic (exact) mass is 274 g/mol. The Hall–Kier alpha value is -2.04. The minimum Gasteiger partial charge on any atom is -0.383 e. The average Bonchev–Trinajstić information content (AvgIpc) is 2.46. The number of halogens is 1. The van der Waals surface area contributed by atoms with Gasteiger partial charge in [-0.3, -0.25) is 10.8 Å². The van der Waals surface area contributed by atoms with Crippen molar-refractivity contribution in [2.24, 2.45) is 16.6 Å². The number of rotatable bonds is 4. The topological polar surface area (TPSA) is 76.4 Å². The van der Waals surface area contributed by atoms with Crippen LogP contribution in [0.1, 0.15) is 11.1 Å². The van der Waals surface area contributed by atoms with Crippen LogP contribution in [0.4, 0.5) is 5.69 Å². The second-order valence-corrected chi connectivity index (χ2v) is 4.49. The van der Waals surface area contributed by atoms with Crippen LogP contribution in [0.25, 0.3) is 0 Å². The molecule has 2 aromatic rings. The molecule has 5 N–H and O–H groups in total. The maximum Gasteiger partial charge on any atom is 0.125 e. The number of nitrogens with one attached hydrogen (secondary N) is 1. The number of nitrogen functional groups attached to an aromatic ring is 1. The van der Waals surface area contributed by atoms with Gasteiger partial charge in [-0.25, -0.2) is 0 Å². The number of amidine groups is 1. The molecule has 0 saturated carbocycles. The molecule has 4 nitrogen and oxygen atoms in total. The lowest BCUT2D eigenvalue weighted by molar-refractivity contribution is 1.06. The summed E-state index contributed by atoms with van der Waals surface area (Å²) in [6.45, 7) is 0.528. The third-order valence-corrected chi connectivity index (χ3v) is 2.94. The molecule has 0 aliphatic heterocycles. The molecule has 98 valence electrons. The van der Waals surface area contributed by atoms with E-state index in [-0.39, 0.29) is 0 Å². The fourth-order valence-electron chi connectivity index (χ4n) is 1.59. The van der Waals surface area contributed by atoms with E-state index in [2.05, 4.69) is 10.4 Å². The van der Waals surface area contributed by atoms with Crippen LogP contribution < -0.4 is 17.0 Å². The average molecular weight is 275 g/mol. The fourth-order valence-corrected chi connectivity index (χ4v) is 1.72. The van der Waals surface area contributed by atoms with Crippen LogP contribution in [0.15, 0.2) is 53.5 Å². The van der Waals surface area contributed by atoms with E-state index >= 15 is 0 Å². The first-order valence-corrected chi connectivity index (χ1v) is 6.18. The highest BCUT2D eigenvalue weighted by atomic mass is 35.5. The highest BCUT2D eigenvalue weighted by molar-refractivity contribution is 6.30. The molecular formula is C14H15ClN4. The maximum atomic E-state index is 5.94. The number of benzene rings is 2. The van der Waals surface area contributed by atoms with E-state index in [1.807, 2.05) is 48.5 Å². The zero-order chi connectivity index (χ0) is 13.7. The summed E-state index contributed by atoms with van der Waals surface area (Å²) in [6.07, 6.45) is 0. The number of hydrogen-bond acceptors (Lipinski definition) is 3. The number of hydrogen-bond donors (Lipinski definition) is 3. The highest BCUT2D eigenvalue weighted by Gasteiger charge is 1.99. The van der Waals surface area contributed by atoms with Crippen LogP contribution >= 0.6 is 11.6 Å². The molecule has 0 spiro atoms. The van der Waals surface area contributed by atoms with Crippen molar-refractivity contribution in [1.29, 1.82) is 0 Å². The number of nitrogens with zero attached hydrogens (tertiary/aromatic N) is 1. The van der Waals surface area contributed by atoms with Gasteiger partial charge in [-0.15, -0.1) is 0 Å². The van der Waals surface area contributed by atoms with E-state index in [9.17, 15) is 0 Å². The van der Waals surface area contributed by atoms with Gasteiger partial charge in [0, 0.05) is 16.3 Å². The zero-order valence-electron chi connectivity index (χ0n) is 10.3. The Balaban J connectivity index is 2.07. The molecular weight excluding hydrogens is 260 g/mol. The Morgan fingerprint density at radius 1 is 1.05 bits per heavy atom. The van der Waals surface area contributed by atoms with Gasteiger partial charge in [0.15, 0.2) is 0 Å². The molecule has 19 heavy (non-hydrogen) atoms. The lowest BCUT2D eigenvalue weighted by atomic mass is 10.2. The molecule has 2 aromatic carbocycles. The molecule has 0 bridgehead atoms. The molecule has 0 atom stereocenters. The minimum absolute atomic E-state index is 0.499. The molecule has 0 fully saturated rings. The fraction of sp³-hybridized carbons (Fsp3) is 0.0714. The second kappa shape index (κ2) is 6.22. The van der Waals surface area contributed by atoms with Crippen molar-refractivity contribution in [3.63, 3.8) is 0 Å². The van der Waals surface area contributed by atoms with Crippen molar-refractivity contribution < 1.29 is 0 Å². The molecule has 0 unspecified atom stereocenters. The van der Waals surface area contributed by atoms with Crippen LogP contribution in [-0.2, 0) is 6.54 Å². The molecule has 0 saturated heterocycles. The van der Waals surface area contributed by atoms with Crippen molar-refractivity contribution >= 4 is 23.1 Å². The number of nitrogens with two attached hydrogens (primary N) is 2. The molecule has 2 rings (SSSR count). The second-order valence-electron chi connectivity index (χ2n) is 4.05. The van der Waals surface area contributed by atoms with Gasteiger partial charge in [0.2, 0.25) is 0 Å². The Morgan fingerprint density at radius 2 is 1.68 bits per heavy atom. The van der Waals surface area contributed by atoms with Gasteiger partial charge in [-0.1, -0.05) is 23.7 Å². The predicted octanol–water partition coefficient (Wildman–Crippen LogP) is 2.53. The normalized spacial score (nSPS) is 11.4. The van der Waals surface area contributed by atoms with Crippen molar-refractivity contribution in [2.75, 3.05) is 5.43 Å². The van der Waals surface area contributed by atoms with Crippen LogP contribution in [-0.4, -0.2) is 5.84 Å². The molecule has 0 amide bonds. The molecule has 0 radical (unpaired) electrons. The van der Waals surface area contributed by atoms with Crippen molar-refractivity contribution in [1.82, 2.24) is 0 Å². The molecule has 0 aromatic heterocycles. The van der Waals surface area contributed by atoms with Gasteiger partial charge in [-0.2, -0.15) is 0 Å². The standard InChI is InChI=1S/C14H15ClN4/c15-12-5-1-10(2-6-12)9-18-14(16)11-3-7-13(19-17)8-4-11/h1-8,19H,9,17H2,(H2,16,18). The van der Waals surface area contributed by atoms with Crippen molar-refractivity contribution in [2.45, 2.75) is 6.54 Å². The van der Waals surface area contributed by atoms with E-state index in [1.54, 1.807) is 0 Å². The SMILES string of the molecule is NNc1ccc(C(N)=NCc2ccc(Cl)cc2)cc1. The summed E-state index contributed by atoms with van der Waals surface area (Å²) in [7, 11) is 0. The Bertz CT molecular complexity index is 561. The molecule has 0 heterocycles. The summed E-state index contributed by atoms with van der Waals surface area (Å²) in [4.78, 5) is 4.35. The van der Waals surface area contributed by atoms with E-state index in [1.165, 1.54) is 0 Å². The largest absolute Gasteiger partial charge is 0.383 e. The van der Waals surface area contributed by atoms with Gasteiger partial charge in [-0.05, 0) is 42.0 Å². The maximum absolute atomic E-state index is 5.94.